The van der Waals surface area contributed by atoms with Gasteiger partial charge in [0, 0.05) is 13.1 Å². The first-order valence-corrected chi connectivity index (χ1v) is 9.44. The molecule has 2 aromatic heterocycles. The van der Waals surface area contributed by atoms with Crippen molar-refractivity contribution in [1.82, 2.24) is 4.57 Å². The van der Waals surface area contributed by atoms with E-state index in [1.165, 1.54) is 20.4 Å². The molecule has 2 aromatic carbocycles. The van der Waals surface area contributed by atoms with Gasteiger partial charge < -0.3 is 4.57 Å². The highest BCUT2D eigenvalue weighted by atomic mass is 32.1. The lowest BCUT2D eigenvalue weighted by Gasteiger charge is -1.92. The number of fused-ring (bicyclic) bond motifs is 2. The van der Waals surface area contributed by atoms with Crippen LogP contribution in [0, 0.1) is 0 Å². The summed E-state index contributed by atoms with van der Waals surface area (Å²) >= 11 is 3.40. The van der Waals surface area contributed by atoms with Crippen LogP contribution in [0.4, 0.5) is 0 Å². The summed E-state index contributed by atoms with van der Waals surface area (Å²) in [6, 6.07) is 16.7. The molecule has 2 heterocycles. The maximum absolute atomic E-state index is 4.43. The van der Waals surface area contributed by atoms with Crippen LogP contribution in [0.15, 0.2) is 58.7 Å². The van der Waals surface area contributed by atoms with E-state index in [1.807, 2.05) is 25.4 Å². The molecule has 4 aromatic rings. The maximum Gasteiger partial charge on any atom is 0.283 e. The van der Waals surface area contributed by atoms with Crippen molar-refractivity contribution in [2.24, 2.45) is 17.3 Å². The van der Waals surface area contributed by atoms with Crippen molar-refractivity contribution in [2.75, 3.05) is 0 Å². The monoisotopic (exact) mass is 353 g/mol. The minimum Gasteiger partial charge on any atom is -0.318 e. The number of aromatic nitrogens is 2. The predicted octanol–water partition coefficient (Wildman–Crippen LogP) is 3.70. The summed E-state index contributed by atoms with van der Waals surface area (Å²) in [4.78, 5) is 0.900. The van der Waals surface area contributed by atoms with Crippen LogP contribution in [0.5, 0.6) is 0 Å². The first kappa shape index (κ1) is 15.2. The summed E-state index contributed by atoms with van der Waals surface area (Å²) in [7, 11) is 2.03. The van der Waals surface area contributed by atoms with Crippen molar-refractivity contribution < 1.29 is 4.57 Å². The summed E-state index contributed by atoms with van der Waals surface area (Å²) in [5, 5.41) is 9.90. The molecule has 4 nitrogen and oxygen atoms in total. The maximum atomic E-state index is 4.43. The fourth-order valence-corrected chi connectivity index (χ4v) is 4.85. The molecule has 0 unspecified atom stereocenters. The molecule has 0 atom stereocenters. The molecule has 0 N–H and O–H groups in total. The van der Waals surface area contributed by atoms with Gasteiger partial charge in [-0.05, 0) is 25.1 Å². The van der Waals surface area contributed by atoms with Gasteiger partial charge in [-0.3, -0.25) is 0 Å². The Labute approximate surface area is 147 Å². The fraction of sp³-hybridized carbons (Fsp3) is 0.167. The van der Waals surface area contributed by atoms with E-state index in [0.29, 0.717) is 0 Å². The Kier molecular flexibility index (Phi) is 4.00. The first-order chi connectivity index (χ1) is 11.8. The number of hydrogen-bond donors (Lipinski definition) is 0. The molecule has 0 aliphatic carbocycles. The van der Waals surface area contributed by atoms with Crippen molar-refractivity contribution in [3.63, 3.8) is 0 Å². The van der Waals surface area contributed by atoms with Gasteiger partial charge in [0.05, 0.1) is 10.2 Å². The van der Waals surface area contributed by atoms with Crippen LogP contribution in [0.25, 0.3) is 20.4 Å². The molecule has 4 rings (SSSR count). The lowest BCUT2D eigenvalue weighted by atomic mass is 10.3. The molecule has 0 aliphatic rings. The molecule has 0 radical (unpaired) electrons. The van der Waals surface area contributed by atoms with E-state index in [-0.39, 0.29) is 0 Å². The zero-order valence-corrected chi connectivity index (χ0v) is 15.1. The van der Waals surface area contributed by atoms with Gasteiger partial charge in [-0.2, -0.15) is 4.57 Å². The van der Waals surface area contributed by atoms with Gasteiger partial charge in [-0.15, -0.1) is 10.2 Å². The topological polar surface area (TPSA) is 33.5 Å². The Morgan fingerprint density at radius 3 is 2.58 bits per heavy atom. The van der Waals surface area contributed by atoms with Crippen molar-refractivity contribution in [1.29, 1.82) is 0 Å². The smallest absolute Gasteiger partial charge is 0.283 e. The Hall–Kier alpha value is -2.31. The van der Waals surface area contributed by atoms with E-state index in [0.717, 1.165) is 16.4 Å². The number of rotatable bonds is 3. The molecular weight excluding hydrogens is 336 g/mol. The summed E-state index contributed by atoms with van der Waals surface area (Å²) < 4.78 is 6.84. The quantitative estimate of drug-likeness (QED) is 0.306. The fourth-order valence-electron chi connectivity index (χ4n) is 2.78. The van der Waals surface area contributed by atoms with E-state index < -0.39 is 0 Å². The second-order valence-corrected chi connectivity index (χ2v) is 7.48. The van der Waals surface area contributed by atoms with E-state index in [9.17, 15) is 0 Å². The first-order valence-electron chi connectivity index (χ1n) is 7.81. The molecule has 0 fully saturated rings. The van der Waals surface area contributed by atoms with Crippen LogP contribution in [0.1, 0.15) is 11.9 Å². The molecule has 0 bridgehead atoms. The summed E-state index contributed by atoms with van der Waals surface area (Å²) in [5.41, 5.74) is 2.43. The number of nitrogens with zero attached hydrogens (tertiary/aromatic N) is 4. The van der Waals surface area contributed by atoms with Crippen LogP contribution in [-0.2, 0) is 13.6 Å². The summed E-state index contributed by atoms with van der Waals surface area (Å²) in [6.45, 7) is 3.07. The highest BCUT2D eigenvalue weighted by Gasteiger charge is 2.16. The normalized spacial score (nSPS) is 12.8. The third kappa shape index (κ3) is 2.57. The Bertz CT molecular complexity index is 1110. The Morgan fingerprint density at radius 1 is 1.04 bits per heavy atom. The Balaban J connectivity index is 1.76. The van der Waals surface area contributed by atoms with Gasteiger partial charge in [0.2, 0.25) is 10.3 Å². The molecule has 120 valence electrons. The molecule has 0 amide bonds. The average Bonchev–Trinajstić information content (AvgIpc) is 3.13. The summed E-state index contributed by atoms with van der Waals surface area (Å²) in [5.74, 6) is 0. The second kappa shape index (κ2) is 6.30. The van der Waals surface area contributed by atoms with Gasteiger partial charge in [-0.25, -0.2) is 0 Å². The van der Waals surface area contributed by atoms with Crippen LogP contribution < -0.4 is 9.37 Å². The van der Waals surface area contributed by atoms with Gasteiger partial charge in [-0.1, -0.05) is 46.9 Å². The van der Waals surface area contributed by atoms with Crippen molar-refractivity contribution >= 4 is 49.3 Å². The average molecular weight is 353 g/mol. The van der Waals surface area contributed by atoms with E-state index in [4.69, 9.17) is 0 Å². The molecule has 0 aliphatic heterocycles. The molecule has 0 saturated heterocycles. The number of hydrogen-bond acceptors (Lipinski definition) is 4. The Morgan fingerprint density at radius 2 is 1.79 bits per heavy atom. The minimum absolute atomic E-state index is 0.900. The third-order valence-corrected chi connectivity index (χ3v) is 6.18. The highest BCUT2D eigenvalue weighted by molar-refractivity contribution is 7.19. The third-order valence-electron chi connectivity index (χ3n) is 3.98. The van der Waals surface area contributed by atoms with E-state index in [2.05, 4.69) is 62.7 Å². The molecule has 24 heavy (non-hydrogen) atoms. The van der Waals surface area contributed by atoms with Crippen LogP contribution in [0.3, 0.4) is 0 Å². The second-order valence-electron chi connectivity index (χ2n) is 5.41. The van der Waals surface area contributed by atoms with Gasteiger partial charge in [0.25, 0.3) is 5.01 Å². The number of benzene rings is 2. The summed E-state index contributed by atoms with van der Waals surface area (Å²) in [6.07, 6.45) is 1.86. The minimum atomic E-state index is 0.900. The lowest BCUT2D eigenvalue weighted by Crippen LogP contribution is -2.34. The number of aryl methyl sites for hydroxylation is 2. The molecule has 0 saturated carbocycles. The predicted molar refractivity (Wildman–Crippen MR) is 102 cm³/mol. The molecule has 0 spiro atoms. The van der Waals surface area contributed by atoms with Crippen LogP contribution in [0.2, 0.25) is 0 Å². The van der Waals surface area contributed by atoms with Crippen LogP contribution in [-0.4, -0.2) is 10.8 Å². The van der Waals surface area contributed by atoms with E-state index in [1.54, 1.807) is 22.7 Å². The number of thiazole rings is 2. The zero-order valence-electron chi connectivity index (χ0n) is 13.5. The van der Waals surface area contributed by atoms with Crippen molar-refractivity contribution in [3.05, 3.63) is 58.3 Å². The standard InChI is InChI=1S/C18H17N4S2/c1-3-22-14-9-5-7-11-16(14)23-17(22)12-19-20-18-21(2)13-8-4-6-10-15(13)24-18/h4-12H,3H2,1-2H3/q+1. The lowest BCUT2D eigenvalue weighted by molar-refractivity contribution is -0.664. The van der Waals surface area contributed by atoms with Crippen molar-refractivity contribution in [3.8, 4) is 0 Å². The van der Waals surface area contributed by atoms with Gasteiger partial charge in [0.15, 0.2) is 0 Å². The van der Waals surface area contributed by atoms with Crippen molar-refractivity contribution in [2.45, 2.75) is 13.5 Å². The van der Waals surface area contributed by atoms with Gasteiger partial charge >= 0.3 is 0 Å². The molecular formula is C18H17N4S2+. The number of para-hydroxylation sites is 2. The highest BCUT2D eigenvalue weighted by Crippen LogP contribution is 2.19. The molecule has 6 heteroatoms. The largest absolute Gasteiger partial charge is 0.318 e. The zero-order chi connectivity index (χ0) is 16.5. The van der Waals surface area contributed by atoms with E-state index >= 15 is 0 Å². The van der Waals surface area contributed by atoms with Gasteiger partial charge in [0.1, 0.15) is 17.5 Å². The van der Waals surface area contributed by atoms with Crippen LogP contribution >= 0.6 is 22.7 Å². The SMILES string of the molecule is CC[n+]1c(C=NN=c2sc3ccccc3n2C)sc2ccccc21.